The van der Waals surface area contributed by atoms with Crippen molar-refractivity contribution in [3.63, 3.8) is 0 Å². The van der Waals surface area contributed by atoms with E-state index < -0.39 is 5.79 Å². The molecule has 1 aliphatic rings. The Kier molecular flexibility index (Phi) is 2.62. The van der Waals surface area contributed by atoms with Crippen molar-refractivity contribution in [1.29, 1.82) is 0 Å². The normalized spacial score (nSPS) is 21.3. The summed E-state index contributed by atoms with van der Waals surface area (Å²) in [7, 11) is 0. The number of allylic oxidation sites excluding steroid dienone is 2. The van der Waals surface area contributed by atoms with Crippen molar-refractivity contribution < 1.29 is 9.47 Å². The first-order valence-electron chi connectivity index (χ1n) is 5.57. The molecule has 1 rings (SSSR count). The molecule has 0 radical (unpaired) electrons. The van der Waals surface area contributed by atoms with Gasteiger partial charge in [0.2, 0.25) is 5.79 Å². The van der Waals surface area contributed by atoms with Crippen LogP contribution in [-0.4, -0.2) is 5.79 Å². The molecule has 1 heterocycles. The van der Waals surface area contributed by atoms with Crippen LogP contribution in [0.25, 0.3) is 0 Å². The number of ether oxygens (including phenoxy) is 2. The first-order chi connectivity index (χ1) is 6.43. The Morgan fingerprint density at radius 1 is 0.733 bits per heavy atom. The van der Waals surface area contributed by atoms with Crippen molar-refractivity contribution in [1.82, 2.24) is 0 Å². The van der Waals surface area contributed by atoms with Gasteiger partial charge >= 0.3 is 0 Å². The lowest BCUT2D eigenvalue weighted by atomic mass is 9.85. The van der Waals surface area contributed by atoms with Crippen LogP contribution in [0.4, 0.5) is 0 Å². The summed E-state index contributed by atoms with van der Waals surface area (Å²) in [6.07, 6.45) is 0. The molecule has 0 saturated carbocycles. The largest absolute Gasteiger partial charge is 0.453 e. The van der Waals surface area contributed by atoms with E-state index in [9.17, 15) is 0 Å². The highest BCUT2D eigenvalue weighted by Gasteiger charge is 2.43. The molecule has 0 fully saturated rings. The van der Waals surface area contributed by atoms with Gasteiger partial charge in [0.05, 0.1) is 0 Å². The Balaban J connectivity index is 3.16. The molecular weight excluding hydrogens is 188 g/mol. The summed E-state index contributed by atoms with van der Waals surface area (Å²) in [4.78, 5) is 0. The zero-order chi connectivity index (χ0) is 12.1. The van der Waals surface area contributed by atoms with Crippen LogP contribution in [0.15, 0.2) is 11.5 Å². The van der Waals surface area contributed by atoms with Crippen molar-refractivity contribution >= 4 is 0 Å². The van der Waals surface area contributed by atoms with Crippen LogP contribution in [0.1, 0.15) is 55.4 Å². The zero-order valence-electron chi connectivity index (χ0n) is 11.3. The lowest BCUT2D eigenvalue weighted by Crippen LogP contribution is -2.23. The summed E-state index contributed by atoms with van der Waals surface area (Å²) < 4.78 is 11.8. The van der Waals surface area contributed by atoms with E-state index in [1.807, 2.05) is 13.8 Å². The fourth-order valence-corrected chi connectivity index (χ4v) is 1.59. The molecule has 2 heteroatoms. The lowest BCUT2D eigenvalue weighted by molar-refractivity contribution is -0.135. The van der Waals surface area contributed by atoms with Gasteiger partial charge in [0.15, 0.2) is 0 Å². The topological polar surface area (TPSA) is 18.5 Å². The highest BCUT2D eigenvalue weighted by Crippen LogP contribution is 2.46. The summed E-state index contributed by atoms with van der Waals surface area (Å²) in [6, 6.07) is 0. The Morgan fingerprint density at radius 3 is 1.20 bits per heavy atom. The van der Waals surface area contributed by atoms with Gasteiger partial charge in [0, 0.05) is 24.7 Å². The van der Waals surface area contributed by atoms with Crippen LogP contribution in [-0.2, 0) is 9.47 Å². The van der Waals surface area contributed by atoms with Crippen molar-refractivity contribution in [2.75, 3.05) is 0 Å². The van der Waals surface area contributed by atoms with Gasteiger partial charge in [-0.25, -0.2) is 0 Å². The van der Waals surface area contributed by atoms with E-state index in [1.54, 1.807) is 0 Å². The van der Waals surface area contributed by atoms with Crippen LogP contribution in [0.3, 0.4) is 0 Å². The maximum Gasteiger partial charge on any atom is 0.245 e. The summed E-state index contributed by atoms with van der Waals surface area (Å²) in [6.45, 7) is 16.8. The minimum atomic E-state index is -0.523. The van der Waals surface area contributed by atoms with E-state index in [1.165, 1.54) is 0 Å². The Hall–Kier alpha value is -0.660. The predicted molar refractivity (Wildman–Crippen MR) is 62.2 cm³/mol. The van der Waals surface area contributed by atoms with E-state index in [4.69, 9.17) is 9.47 Å². The molecule has 1 aliphatic heterocycles. The van der Waals surface area contributed by atoms with E-state index in [0.717, 1.165) is 11.5 Å². The van der Waals surface area contributed by atoms with E-state index >= 15 is 0 Å². The molecule has 0 spiro atoms. The monoisotopic (exact) mass is 212 g/mol. The highest BCUT2D eigenvalue weighted by atomic mass is 16.7. The second-order valence-corrected chi connectivity index (χ2v) is 6.76. The molecule has 15 heavy (non-hydrogen) atoms. The van der Waals surface area contributed by atoms with Gasteiger partial charge in [0.1, 0.15) is 11.5 Å². The van der Waals surface area contributed by atoms with Crippen molar-refractivity contribution in [3.8, 4) is 0 Å². The van der Waals surface area contributed by atoms with Crippen molar-refractivity contribution in [2.24, 2.45) is 10.8 Å². The molecule has 0 saturated heterocycles. The van der Waals surface area contributed by atoms with Gasteiger partial charge in [-0.1, -0.05) is 41.5 Å². The molecule has 0 aromatic heterocycles. The van der Waals surface area contributed by atoms with Crippen LogP contribution in [0.2, 0.25) is 0 Å². The van der Waals surface area contributed by atoms with E-state index in [0.29, 0.717) is 0 Å². The van der Waals surface area contributed by atoms with Gasteiger partial charge < -0.3 is 9.47 Å². The van der Waals surface area contributed by atoms with Crippen LogP contribution < -0.4 is 0 Å². The summed E-state index contributed by atoms with van der Waals surface area (Å²) in [5.74, 6) is 1.45. The average Bonchev–Trinajstić information content (AvgIpc) is 2.23. The molecule has 0 aromatic carbocycles. The van der Waals surface area contributed by atoms with Gasteiger partial charge in [-0.3, -0.25) is 0 Å². The molecule has 88 valence electrons. The minimum Gasteiger partial charge on any atom is -0.453 e. The SMILES string of the molecule is CC1(C)OC(C(C)(C)C)=C(C(C)(C)C)O1. The van der Waals surface area contributed by atoms with Crippen molar-refractivity contribution in [2.45, 2.75) is 61.2 Å². The molecule has 2 nitrogen and oxygen atoms in total. The van der Waals surface area contributed by atoms with E-state index in [-0.39, 0.29) is 10.8 Å². The minimum absolute atomic E-state index is 0.00359. The van der Waals surface area contributed by atoms with Gasteiger partial charge in [-0.15, -0.1) is 0 Å². The smallest absolute Gasteiger partial charge is 0.245 e. The molecule has 0 atom stereocenters. The second-order valence-electron chi connectivity index (χ2n) is 6.76. The van der Waals surface area contributed by atoms with Crippen LogP contribution in [0, 0.1) is 10.8 Å². The van der Waals surface area contributed by atoms with Gasteiger partial charge in [-0.2, -0.15) is 0 Å². The molecule has 0 aromatic rings. The third-order valence-corrected chi connectivity index (χ3v) is 2.26. The van der Waals surface area contributed by atoms with Crippen LogP contribution >= 0.6 is 0 Å². The molecule has 0 amide bonds. The van der Waals surface area contributed by atoms with Crippen molar-refractivity contribution in [3.05, 3.63) is 11.5 Å². The maximum atomic E-state index is 5.91. The summed E-state index contributed by atoms with van der Waals surface area (Å²) >= 11 is 0. The third-order valence-electron chi connectivity index (χ3n) is 2.26. The second kappa shape index (κ2) is 3.16. The molecule has 0 unspecified atom stereocenters. The molecule has 0 bridgehead atoms. The number of hydrogen-bond acceptors (Lipinski definition) is 2. The highest BCUT2D eigenvalue weighted by molar-refractivity contribution is 5.19. The Labute approximate surface area is 93.7 Å². The lowest BCUT2D eigenvalue weighted by Gasteiger charge is -2.24. The fourth-order valence-electron chi connectivity index (χ4n) is 1.59. The predicted octanol–water partition coefficient (Wildman–Crippen LogP) is 4.07. The first kappa shape index (κ1) is 12.4. The standard InChI is InChI=1S/C13H24O2/c1-11(2,3)9-10(12(4,5)6)15-13(7,8)14-9/h1-8H3. The maximum absolute atomic E-state index is 5.91. The molecule has 0 N–H and O–H groups in total. The molecular formula is C13H24O2. The van der Waals surface area contributed by atoms with Crippen LogP contribution in [0.5, 0.6) is 0 Å². The summed E-state index contributed by atoms with van der Waals surface area (Å²) in [5.41, 5.74) is -0.00718. The first-order valence-corrected chi connectivity index (χ1v) is 5.57. The average molecular weight is 212 g/mol. The number of rotatable bonds is 0. The fraction of sp³-hybridized carbons (Fsp3) is 0.846. The van der Waals surface area contributed by atoms with Gasteiger partial charge in [0.25, 0.3) is 0 Å². The zero-order valence-corrected chi connectivity index (χ0v) is 11.3. The summed E-state index contributed by atoms with van der Waals surface area (Å²) in [5, 5.41) is 0. The quantitative estimate of drug-likeness (QED) is 0.602. The number of hydrogen-bond donors (Lipinski definition) is 0. The molecule has 0 aliphatic carbocycles. The Bertz CT molecular complexity index is 257. The third kappa shape index (κ3) is 2.67. The Morgan fingerprint density at radius 2 is 1.00 bits per heavy atom. The van der Waals surface area contributed by atoms with Gasteiger partial charge in [-0.05, 0) is 0 Å². The van der Waals surface area contributed by atoms with E-state index in [2.05, 4.69) is 41.5 Å².